The smallest absolute Gasteiger partial charge is 0.320 e. The lowest BCUT2D eigenvalue weighted by molar-refractivity contribution is -0.140. The summed E-state index contributed by atoms with van der Waals surface area (Å²) in [5.74, 6) is -0.746. The maximum absolute atomic E-state index is 11.1. The Kier molecular flexibility index (Phi) is 4.28. The Morgan fingerprint density at radius 2 is 2.06 bits per heavy atom. The minimum absolute atomic E-state index is 0.0600. The lowest BCUT2D eigenvalue weighted by atomic mass is 10.0. The Bertz CT molecular complexity index is 410. The van der Waals surface area contributed by atoms with Gasteiger partial charge in [-0.25, -0.2) is 0 Å². The minimum atomic E-state index is -0.806. The molecule has 0 aromatic carbocycles. The summed E-state index contributed by atoms with van der Waals surface area (Å²) in [4.78, 5) is 11.1. The molecule has 1 heterocycles. The highest BCUT2D eigenvalue weighted by Crippen LogP contribution is 2.12. The van der Waals surface area contributed by atoms with Crippen molar-refractivity contribution in [3.63, 3.8) is 0 Å². The van der Waals surface area contributed by atoms with Crippen LogP contribution in [0.2, 0.25) is 0 Å². The van der Waals surface area contributed by atoms with Crippen LogP contribution in [0.4, 0.5) is 0 Å². The highest BCUT2D eigenvalue weighted by molar-refractivity contribution is 5.73. The third kappa shape index (κ3) is 3.06. The number of hydrogen-bond acceptors (Lipinski definition) is 3. The van der Waals surface area contributed by atoms with Gasteiger partial charge in [-0.3, -0.25) is 14.8 Å². The molecule has 1 aromatic heterocycles. The molecule has 17 heavy (non-hydrogen) atoms. The van der Waals surface area contributed by atoms with Gasteiger partial charge in [-0.05, 0) is 19.8 Å². The molecule has 5 nitrogen and oxygen atoms in total. The van der Waals surface area contributed by atoms with Crippen LogP contribution >= 0.6 is 0 Å². The van der Waals surface area contributed by atoms with Crippen molar-refractivity contribution < 1.29 is 9.90 Å². The molecule has 96 valence electrons. The first-order chi connectivity index (χ1) is 7.84. The molecule has 0 amide bonds. The number of carboxylic acids is 1. The Morgan fingerprint density at radius 1 is 1.47 bits per heavy atom. The summed E-state index contributed by atoms with van der Waals surface area (Å²) < 4.78 is 1.82. The van der Waals surface area contributed by atoms with Gasteiger partial charge in [-0.15, -0.1) is 0 Å². The van der Waals surface area contributed by atoms with Gasteiger partial charge in [-0.1, -0.05) is 13.8 Å². The number of hydrogen-bond donors (Lipinski definition) is 2. The molecule has 0 radical (unpaired) electrons. The topological polar surface area (TPSA) is 67.2 Å². The van der Waals surface area contributed by atoms with Crippen LogP contribution in [-0.4, -0.2) is 26.9 Å². The monoisotopic (exact) mass is 239 g/mol. The fourth-order valence-electron chi connectivity index (χ4n) is 1.89. The first-order valence-corrected chi connectivity index (χ1v) is 5.79. The van der Waals surface area contributed by atoms with Gasteiger partial charge in [0.25, 0.3) is 0 Å². The van der Waals surface area contributed by atoms with E-state index >= 15 is 0 Å². The first-order valence-electron chi connectivity index (χ1n) is 5.79. The minimum Gasteiger partial charge on any atom is -0.480 e. The van der Waals surface area contributed by atoms with Gasteiger partial charge in [0.15, 0.2) is 0 Å². The van der Waals surface area contributed by atoms with Crippen molar-refractivity contribution in [3.05, 3.63) is 17.0 Å². The number of rotatable bonds is 5. The molecule has 0 fully saturated rings. The average molecular weight is 239 g/mol. The zero-order chi connectivity index (χ0) is 13.2. The van der Waals surface area contributed by atoms with Crippen molar-refractivity contribution in [1.82, 2.24) is 15.1 Å². The predicted octanol–water partition coefficient (Wildman–Crippen LogP) is 1.24. The third-order valence-corrected chi connectivity index (χ3v) is 3.09. The summed E-state index contributed by atoms with van der Waals surface area (Å²) in [6, 6.07) is -0.519. The van der Waals surface area contributed by atoms with Crippen molar-refractivity contribution in [2.75, 3.05) is 0 Å². The predicted molar refractivity (Wildman–Crippen MR) is 65.8 cm³/mol. The van der Waals surface area contributed by atoms with Gasteiger partial charge in [0.1, 0.15) is 6.04 Å². The van der Waals surface area contributed by atoms with Gasteiger partial charge in [-0.2, -0.15) is 5.10 Å². The largest absolute Gasteiger partial charge is 0.480 e. The van der Waals surface area contributed by atoms with Crippen LogP contribution < -0.4 is 5.32 Å². The average Bonchev–Trinajstić information content (AvgIpc) is 2.43. The number of carbonyl (C=O) groups is 1. The van der Waals surface area contributed by atoms with Crippen LogP contribution in [0.25, 0.3) is 0 Å². The van der Waals surface area contributed by atoms with Gasteiger partial charge in [0.2, 0.25) is 0 Å². The molecule has 1 rings (SSSR count). The molecule has 0 saturated carbocycles. The van der Waals surface area contributed by atoms with Gasteiger partial charge < -0.3 is 5.11 Å². The fraction of sp³-hybridized carbons (Fsp3) is 0.667. The van der Waals surface area contributed by atoms with E-state index in [1.165, 1.54) is 0 Å². The first kappa shape index (κ1) is 13.7. The number of nitrogens with zero attached hydrogens (tertiary/aromatic N) is 2. The quantitative estimate of drug-likeness (QED) is 0.811. The second kappa shape index (κ2) is 5.31. The van der Waals surface area contributed by atoms with E-state index in [1.54, 1.807) is 0 Å². The summed E-state index contributed by atoms with van der Waals surface area (Å²) >= 11 is 0. The number of nitrogens with one attached hydrogen (secondary N) is 1. The molecule has 0 aliphatic rings. The maximum Gasteiger partial charge on any atom is 0.320 e. The van der Waals surface area contributed by atoms with E-state index in [-0.39, 0.29) is 5.92 Å². The SMILES string of the molecule is Cc1nn(C)c(C)c1CNC(C(=O)O)C(C)C. The molecule has 5 heteroatoms. The van der Waals surface area contributed by atoms with Gasteiger partial charge >= 0.3 is 5.97 Å². The molecule has 1 unspecified atom stereocenters. The molecule has 1 atom stereocenters. The molecule has 2 N–H and O–H groups in total. The van der Waals surface area contributed by atoms with Crippen molar-refractivity contribution in [3.8, 4) is 0 Å². The lowest BCUT2D eigenvalue weighted by Crippen LogP contribution is -2.40. The Balaban J connectivity index is 2.75. The van der Waals surface area contributed by atoms with Crippen molar-refractivity contribution in [1.29, 1.82) is 0 Å². The third-order valence-electron chi connectivity index (χ3n) is 3.09. The number of carboxylic acid groups (broad SMARTS) is 1. The Hall–Kier alpha value is -1.36. The molecular formula is C12H21N3O2. The molecule has 0 aliphatic heterocycles. The van der Waals surface area contributed by atoms with E-state index in [2.05, 4.69) is 10.4 Å². The Morgan fingerprint density at radius 3 is 2.41 bits per heavy atom. The molecule has 1 aromatic rings. The zero-order valence-electron chi connectivity index (χ0n) is 11.1. The van der Waals surface area contributed by atoms with Crippen molar-refractivity contribution in [2.45, 2.75) is 40.3 Å². The van der Waals surface area contributed by atoms with E-state index in [0.29, 0.717) is 6.54 Å². The number of aliphatic carboxylic acids is 1. The highest BCUT2D eigenvalue weighted by Gasteiger charge is 2.21. The maximum atomic E-state index is 11.1. The number of aryl methyl sites for hydroxylation is 2. The van der Waals surface area contributed by atoms with E-state index < -0.39 is 12.0 Å². The second-order valence-electron chi connectivity index (χ2n) is 4.71. The van der Waals surface area contributed by atoms with E-state index in [9.17, 15) is 4.79 Å². The standard InChI is InChI=1S/C12H21N3O2/c1-7(2)11(12(16)17)13-6-10-8(3)14-15(5)9(10)4/h7,11,13H,6H2,1-5H3,(H,16,17). The number of aromatic nitrogens is 2. The second-order valence-corrected chi connectivity index (χ2v) is 4.71. The van der Waals surface area contributed by atoms with E-state index in [0.717, 1.165) is 17.0 Å². The van der Waals surface area contributed by atoms with E-state index in [4.69, 9.17) is 5.11 Å². The summed E-state index contributed by atoms with van der Waals surface area (Å²) in [5.41, 5.74) is 3.10. The van der Waals surface area contributed by atoms with Crippen molar-refractivity contribution >= 4 is 5.97 Å². The van der Waals surface area contributed by atoms with Crippen molar-refractivity contribution in [2.24, 2.45) is 13.0 Å². The molecule has 0 spiro atoms. The van der Waals surface area contributed by atoms with Gasteiger partial charge in [0.05, 0.1) is 5.69 Å². The summed E-state index contributed by atoms with van der Waals surface area (Å²) in [7, 11) is 1.89. The van der Waals surface area contributed by atoms with E-state index in [1.807, 2.05) is 39.4 Å². The molecule has 0 aliphatic carbocycles. The molecule has 0 bridgehead atoms. The van der Waals surface area contributed by atoms with Gasteiger partial charge in [0, 0.05) is 24.8 Å². The van der Waals surface area contributed by atoms with Crippen LogP contribution in [0.15, 0.2) is 0 Å². The molecular weight excluding hydrogens is 218 g/mol. The fourth-order valence-corrected chi connectivity index (χ4v) is 1.89. The van der Waals surface area contributed by atoms with Crippen LogP contribution in [-0.2, 0) is 18.4 Å². The summed E-state index contributed by atoms with van der Waals surface area (Å²) in [6.45, 7) is 8.27. The van der Waals surface area contributed by atoms with Crippen LogP contribution in [0.1, 0.15) is 30.8 Å². The highest BCUT2D eigenvalue weighted by atomic mass is 16.4. The summed E-state index contributed by atoms with van der Waals surface area (Å²) in [6.07, 6.45) is 0. The zero-order valence-corrected chi connectivity index (χ0v) is 11.1. The van der Waals surface area contributed by atoms with Crippen LogP contribution in [0, 0.1) is 19.8 Å². The lowest BCUT2D eigenvalue weighted by Gasteiger charge is -2.18. The van der Waals surface area contributed by atoms with Crippen LogP contribution in [0.3, 0.4) is 0 Å². The Labute approximate surface area is 102 Å². The normalized spacial score (nSPS) is 13.1. The molecule has 0 saturated heterocycles. The van der Waals surface area contributed by atoms with Crippen LogP contribution in [0.5, 0.6) is 0 Å². The summed E-state index contributed by atoms with van der Waals surface area (Å²) in [5, 5.41) is 16.5.